The lowest BCUT2D eigenvalue weighted by atomic mass is 10.1. The van der Waals surface area contributed by atoms with Gasteiger partial charge in [-0.15, -0.1) is 11.3 Å². The predicted molar refractivity (Wildman–Crippen MR) is 103 cm³/mol. The second-order valence-corrected chi connectivity index (χ2v) is 8.03. The van der Waals surface area contributed by atoms with E-state index in [9.17, 15) is 9.59 Å². The maximum absolute atomic E-state index is 12.9. The number of primary amides is 1. The number of carbonyl (C=O) groups excluding carboxylic acids is 2. The summed E-state index contributed by atoms with van der Waals surface area (Å²) in [7, 11) is 0. The smallest absolute Gasteiger partial charge is 0.275 e. The number of carbonyl (C=O) groups is 2. The Morgan fingerprint density at radius 2 is 1.96 bits per heavy atom. The molecule has 0 radical (unpaired) electrons. The molecule has 0 fully saturated rings. The van der Waals surface area contributed by atoms with E-state index in [-0.39, 0.29) is 5.91 Å². The van der Waals surface area contributed by atoms with E-state index in [0.717, 1.165) is 26.1 Å². The van der Waals surface area contributed by atoms with Crippen LogP contribution in [-0.2, 0) is 0 Å². The zero-order valence-corrected chi connectivity index (χ0v) is 16.6. The lowest BCUT2D eigenvalue weighted by Crippen LogP contribution is -2.19. The van der Waals surface area contributed by atoms with E-state index in [1.165, 1.54) is 11.3 Å². The van der Waals surface area contributed by atoms with Crippen LogP contribution in [0.1, 0.15) is 42.5 Å². The second kappa shape index (κ2) is 6.27. The zero-order chi connectivity index (χ0) is 18.5. The van der Waals surface area contributed by atoms with Gasteiger partial charge in [0.05, 0.1) is 11.3 Å². The fourth-order valence-corrected chi connectivity index (χ4v) is 4.44. The number of aromatic nitrogens is 2. The van der Waals surface area contributed by atoms with Crippen molar-refractivity contribution in [3.05, 3.63) is 49.7 Å². The standard InChI is InChI=1S/C17H17BrN4O2S/c1-7-5-11(18)6-22-13(9(3)20-15(7)22)16(24)21-17-12(14(19)23)8(2)10(4)25-17/h5-6H,1-4H3,(H2,19,23)(H,21,24). The van der Waals surface area contributed by atoms with Gasteiger partial charge in [0.15, 0.2) is 0 Å². The third-order valence-electron chi connectivity index (χ3n) is 4.12. The van der Waals surface area contributed by atoms with E-state index >= 15 is 0 Å². The minimum absolute atomic E-state index is 0.328. The highest BCUT2D eigenvalue weighted by atomic mass is 79.9. The molecule has 0 unspecified atom stereocenters. The molecule has 0 aliphatic heterocycles. The summed E-state index contributed by atoms with van der Waals surface area (Å²) < 4.78 is 2.60. The highest BCUT2D eigenvalue weighted by molar-refractivity contribution is 9.10. The molecule has 3 rings (SSSR count). The van der Waals surface area contributed by atoms with Crippen LogP contribution >= 0.6 is 27.3 Å². The number of rotatable bonds is 3. The highest BCUT2D eigenvalue weighted by Crippen LogP contribution is 2.32. The van der Waals surface area contributed by atoms with Crippen LogP contribution in [0, 0.1) is 27.7 Å². The Morgan fingerprint density at radius 3 is 2.60 bits per heavy atom. The minimum Gasteiger partial charge on any atom is -0.365 e. The molecule has 3 heterocycles. The number of amides is 2. The molecular formula is C17H17BrN4O2S. The van der Waals surface area contributed by atoms with Crippen LogP contribution in [0.2, 0.25) is 0 Å². The molecule has 0 saturated heterocycles. The molecule has 130 valence electrons. The number of pyridine rings is 1. The van der Waals surface area contributed by atoms with Crippen molar-refractivity contribution in [2.45, 2.75) is 27.7 Å². The van der Waals surface area contributed by atoms with Crippen LogP contribution < -0.4 is 11.1 Å². The molecule has 3 aromatic heterocycles. The number of nitrogens with one attached hydrogen (secondary N) is 1. The third-order valence-corrected chi connectivity index (χ3v) is 5.68. The number of aryl methyl sites for hydroxylation is 3. The molecule has 3 aromatic rings. The van der Waals surface area contributed by atoms with Gasteiger partial charge < -0.3 is 11.1 Å². The van der Waals surface area contributed by atoms with Gasteiger partial charge in [-0.2, -0.15) is 0 Å². The van der Waals surface area contributed by atoms with Gasteiger partial charge in [-0.05, 0) is 60.8 Å². The summed E-state index contributed by atoms with van der Waals surface area (Å²) in [6.45, 7) is 7.43. The van der Waals surface area contributed by atoms with E-state index in [1.54, 1.807) is 17.5 Å². The first kappa shape index (κ1) is 17.6. The lowest BCUT2D eigenvalue weighted by Gasteiger charge is -2.07. The number of fused-ring (bicyclic) bond motifs is 1. The number of hydrogen-bond donors (Lipinski definition) is 2. The number of nitrogens with two attached hydrogens (primary N) is 1. The third kappa shape index (κ3) is 2.96. The number of nitrogens with zero attached hydrogens (tertiary/aromatic N) is 2. The summed E-state index contributed by atoms with van der Waals surface area (Å²) >= 11 is 4.79. The van der Waals surface area contributed by atoms with Crippen LogP contribution in [0.25, 0.3) is 5.65 Å². The first-order valence-corrected chi connectivity index (χ1v) is 9.17. The number of imidazole rings is 1. The molecule has 0 aliphatic carbocycles. The van der Waals surface area contributed by atoms with E-state index in [4.69, 9.17) is 5.73 Å². The summed E-state index contributed by atoms with van der Waals surface area (Å²) in [4.78, 5) is 30.1. The van der Waals surface area contributed by atoms with Crippen molar-refractivity contribution < 1.29 is 9.59 Å². The van der Waals surface area contributed by atoms with E-state index < -0.39 is 5.91 Å². The summed E-state index contributed by atoms with van der Waals surface area (Å²) in [5.41, 5.74) is 9.35. The predicted octanol–water partition coefficient (Wildman–Crippen LogP) is 3.74. The first-order valence-electron chi connectivity index (χ1n) is 7.56. The van der Waals surface area contributed by atoms with Gasteiger partial charge in [0.1, 0.15) is 16.3 Å². The van der Waals surface area contributed by atoms with Gasteiger partial charge in [0.25, 0.3) is 11.8 Å². The van der Waals surface area contributed by atoms with E-state index in [1.807, 2.05) is 26.8 Å². The van der Waals surface area contributed by atoms with Crippen molar-refractivity contribution in [2.75, 3.05) is 5.32 Å². The van der Waals surface area contributed by atoms with Gasteiger partial charge in [0.2, 0.25) is 0 Å². The van der Waals surface area contributed by atoms with Crippen molar-refractivity contribution in [3.8, 4) is 0 Å². The maximum atomic E-state index is 12.9. The fourth-order valence-electron chi connectivity index (χ4n) is 2.83. The Kier molecular flexibility index (Phi) is 4.42. The Morgan fingerprint density at radius 1 is 1.28 bits per heavy atom. The molecule has 6 nitrogen and oxygen atoms in total. The van der Waals surface area contributed by atoms with Gasteiger partial charge in [-0.25, -0.2) is 4.98 Å². The monoisotopic (exact) mass is 420 g/mol. The highest BCUT2D eigenvalue weighted by Gasteiger charge is 2.23. The number of halogens is 1. The van der Waals surface area contributed by atoms with E-state index in [2.05, 4.69) is 26.2 Å². The van der Waals surface area contributed by atoms with Crippen LogP contribution in [0.3, 0.4) is 0 Å². The fraction of sp³-hybridized carbons (Fsp3) is 0.235. The molecule has 0 saturated carbocycles. The number of hydrogen-bond acceptors (Lipinski definition) is 4. The van der Waals surface area contributed by atoms with Gasteiger partial charge in [-0.3, -0.25) is 14.0 Å². The number of anilines is 1. The average molecular weight is 421 g/mol. The molecule has 0 aromatic carbocycles. The zero-order valence-electron chi connectivity index (χ0n) is 14.2. The molecule has 0 aliphatic rings. The summed E-state index contributed by atoms with van der Waals surface area (Å²) in [5.74, 6) is -0.878. The topological polar surface area (TPSA) is 89.5 Å². The summed E-state index contributed by atoms with van der Waals surface area (Å²) in [6.07, 6.45) is 1.80. The Labute approximate surface area is 157 Å². The average Bonchev–Trinajstić information content (AvgIpc) is 2.96. The molecule has 3 N–H and O–H groups in total. The lowest BCUT2D eigenvalue weighted by molar-refractivity contribution is 0.100. The van der Waals surface area contributed by atoms with Crippen LogP contribution in [-0.4, -0.2) is 21.2 Å². The molecular weight excluding hydrogens is 404 g/mol. The van der Waals surface area contributed by atoms with Crippen molar-refractivity contribution in [1.82, 2.24) is 9.38 Å². The summed E-state index contributed by atoms with van der Waals surface area (Å²) in [6, 6.07) is 1.95. The van der Waals surface area contributed by atoms with E-state index in [0.29, 0.717) is 22.0 Å². The van der Waals surface area contributed by atoms with Crippen molar-refractivity contribution in [3.63, 3.8) is 0 Å². The molecule has 2 amide bonds. The van der Waals surface area contributed by atoms with Crippen LogP contribution in [0.15, 0.2) is 16.7 Å². The van der Waals surface area contributed by atoms with Crippen LogP contribution in [0.5, 0.6) is 0 Å². The second-order valence-electron chi connectivity index (χ2n) is 5.89. The summed E-state index contributed by atoms with van der Waals surface area (Å²) in [5, 5.41) is 3.30. The van der Waals surface area contributed by atoms with Crippen molar-refractivity contribution >= 4 is 49.7 Å². The van der Waals surface area contributed by atoms with Crippen LogP contribution in [0.4, 0.5) is 5.00 Å². The first-order chi connectivity index (χ1) is 11.7. The Hall–Kier alpha value is -2.19. The quantitative estimate of drug-likeness (QED) is 0.675. The van der Waals surface area contributed by atoms with Gasteiger partial charge >= 0.3 is 0 Å². The van der Waals surface area contributed by atoms with Gasteiger partial charge in [0, 0.05) is 15.5 Å². The SMILES string of the molecule is Cc1nc2c(C)cc(Br)cn2c1C(=O)Nc1sc(C)c(C)c1C(N)=O. The Bertz CT molecular complexity index is 1040. The largest absolute Gasteiger partial charge is 0.365 e. The minimum atomic E-state index is -0.550. The molecule has 0 atom stereocenters. The normalized spacial score (nSPS) is 11.1. The molecule has 25 heavy (non-hydrogen) atoms. The van der Waals surface area contributed by atoms with Gasteiger partial charge in [-0.1, -0.05) is 0 Å². The molecule has 8 heteroatoms. The van der Waals surface area contributed by atoms with Crippen molar-refractivity contribution in [1.29, 1.82) is 0 Å². The Balaban J connectivity index is 2.09. The molecule has 0 spiro atoms. The maximum Gasteiger partial charge on any atom is 0.275 e. The van der Waals surface area contributed by atoms with Crippen molar-refractivity contribution in [2.24, 2.45) is 5.73 Å². The number of thiophene rings is 1. The molecule has 0 bridgehead atoms.